The number of rotatable bonds is 4. The molecule has 1 N–H and O–H groups in total. The van der Waals surface area contributed by atoms with Crippen LogP contribution in [0.4, 0.5) is 5.69 Å². The molecule has 0 spiro atoms. The molecule has 1 fully saturated rings. The fourth-order valence-electron chi connectivity index (χ4n) is 2.66. The van der Waals surface area contributed by atoms with Crippen LogP contribution in [-0.2, 0) is 14.3 Å². The minimum atomic E-state index is -1.07. The Morgan fingerprint density at radius 2 is 2.04 bits per heavy atom. The zero-order valence-electron chi connectivity index (χ0n) is 15.3. The monoisotopic (exact) mass is 390 g/mol. The summed E-state index contributed by atoms with van der Waals surface area (Å²) in [5, 5.41) is 10.9. The van der Waals surface area contributed by atoms with Gasteiger partial charge >= 0.3 is 0 Å². The lowest BCUT2D eigenvalue weighted by atomic mass is 9.98. The third kappa shape index (κ3) is 3.83. The summed E-state index contributed by atoms with van der Waals surface area (Å²) in [4.78, 5) is 32.4. The van der Waals surface area contributed by atoms with Crippen LogP contribution in [0, 0.1) is 0 Å². The van der Waals surface area contributed by atoms with Crippen molar-refractivity contribution in [2.45, 2.75) is 25.6 Å². The van der Waals surface area contributed by atoms with Crippen LogP contribution in [0.15, 0.2) is 36.4 Å². The van der Waals surface area contributed by atoms with E-state index in [0.29, 0.717) is 17.1 Å². The molecule has 0 aromatic carbocycles. The predicted octanol–water partition coefficient (Wildman–Crippen LogP) is 1.45. The van der Waals surface area contributed by atoms with E-state index in [-0.39, 0.29) is 10.8 Å². The molecule has 2 aromatic rings. The van der Waals surface area contributed by atoms with Crippen LogP contribution in [0.25, 0.3) is 5.82 Å². The van der Waals surface area contributed by atoms with Crippen molar-refractivity contribution in [1.82, 2.24) is 24.9 Å². The lowest BCUT2D eigenvalue weighted by Gasteiger charge is -2.17. The zero-order valence-corrected chi connectivity index (χ0v) is 16.1. The van der Waals surface area contributed by atoms with E-state index in [9.17, 15) is 9.59 Å². The zero-order chi connectivity index (χ0) is 19.8. The highest BCUT2D eigenvalue weighted by Gasteiger charge is 2.48. The number of nitrogens with one attached hydrogen (secondary N) is 1. The average molecular weight is 391 g/mol. The molecule has 10 heteroatoms. The molecule has 1 aliphatic rings. The average Bonchev–Trinajstić information content (AvgIpc) is 3.17. The number of nitrogens with zero attached hydrogens (tertiary/aromatic N) is 5. The first-order chi connectivity index (χ1) is 12.7. The molecule has 0 aliphatic carbocycles. The van der Waals surface area contributed by atoms with Gasteiger partial charge in [-0.25, -0.2) is 4.98 Å². The highest BCUT2D eigenvalue weighted by atomic mass is 35.5. The van der Waals surface area contributed by atoms with Crippen LogP contribution in [0.1, 0.15) is 13.8 Å². The lowest BCUT2D eigenvalue weighted by Crippen LogP contribution is -2.32. The maximum absolute atomic E-state index is 12.7. The summed E-state index contributed by atoms with van der Waals surface area (Å²) in [6.07, 6.45) is 5.00. The Bertz CT molecular complexity index is 907. The van der Waals surface area contributed by atoms with E-state index in [2.05, 4.69) is 20.5 Å². The Morgan fingerprint density at radius 1 is 1.37 bits per heavy atom. The number of hydrogen-bond donors (Lipinski definition) is 1. The van der Waals surface area contributed by atoms with Gasteiger partial charge in [0.15, 0.2) is 17.7 Å². The molecule has 1 aliphatic heterocycles. The van der Waals surface area contributed by atoms with Gasteiger partial charge in [-0.2, -0.15) is 10.2 Å². The third-order valence-electron chi connectivity index (χ3n) is 3.84. The first-order valence-electron chi connectivity index (χ1n) is 8.13. The number of ether oxygens (including phenoxy) is 1. The second-order valence-corrected chi connectivity index (χ2v) is 7.13. The maximum Gasteiger partial charge on any atom is 0.258 e. The normalized spacial score (nSPS) is 20.1. The molecule has 0 radical (unpaired) electrons. The number of ketones is 1. The number of pyridine rings is 1. The van der Waals surface area contributed by atoms with Gasteiger partial charge in [-0.1, -0.05) is 11.6 Å². The minimum Gasteiger partial charge on any atom is -0.383 e. The molecular formula is C17H19ClN6O3. The van der Waals surface area contributed by atoms with Crippen LogP contribution < -0.4 is 5.32 Å². The van der Waals surface area contributed by atoms with Gasteiger partial charge in [0.05, 0.1) is 34.9 Å². The molecule has 0 bridgehead atoms. The Morgan fingerprint density at radius 3 is 2.63 bits per heavy atom. The van der Waals surface area contributed by atoms with Gasteiger partial charge in [0.2, 0.25) is 0 Å². The van der Waals surface area contributed by atoms with Crippen molar-refractivity contribution in [2.24, 2.45) is 0 Å². The van der Waals surface area contributed by atoms with Crippen molar-refractivity contribution in [2.75, 3.05) is 19.4 Å². The summed E-state index contributed by atoms with van der Waals surface area (Å²) >= 11 is 6.21. The molecular weight excluding hydrogens is 372 g/mol. The number of halogens is 1. The van der Waals surface area contributed by atoms with Crippen molar-refractivity contribution in [1.29, 1.82) is 0 Å². The SMILES string of the molecule is CN(C)C=C1C(=O)C(C)(C)OC1C(=O)Nc1cnc(-n2nccn2)c(Cl)c1. The Balaban J connectivity index is 1.82. The number of carbonyl (C=O) groups is 2. The van der Waals surface area contributed by atoms with Gasteiger partial charge in [-0.15, -0.1) is 4.80 Å². The summed E-state index contributed by atoms with van der Waals surface area (Å²) < 4.78 is 5.69. The topological polar surface area (TPSA) is 102 Å². The van der Waals surface area contributed by atoms with Crippen LogP contribution in [-0.4, -0.2) is 62.4 Å². The first kappa shape index (κ1) is 19.0. The van der Waals surface area contributed by atoms with E-state index in [1.165, 1.54) is 29.5 Å². The minimum absolute atomic E-state index is 0.229. The van der Waals surface area contributed by atoms with Gasteiger partial charge in [0, 0.05) is 20.3 Å². The number of aromatic nitrogens is 4. The molecule has 142 valence electrons. The number of anilines is 1. The molecule has 1 amide bonds. The van der Waals surface area contributed by atoms with Gasteiger partial charge in [0.1, 0.15) is 5.60 Å². The summed E-state index contributed by atoms with van der Waals surface area (Å²) in [6.45, 7) is 3.27. The summed E-state index contributed by atoms with van der Waals surface area (Å²) in [7, 11) is 3.54. The number of Topliss-reactive ketones (excluding diaryl/α,β-unsaturated/α-hetero) is 1. The molecule has 1 atom stereocenters. The van der Waals surface area contributed by atoms with Crippen molar-refractivity contribution in [3.05, 3.63) is 41.5 Å². The van der Waals surface area contributed by atoms with Gasteiger partial charge in [-0.05, 0) is 19.9 Å². The molecule has 9 nitrogen and oxygen atoms in total. The number of carbonyl (C=O) groups excluding carboxylic acids is 2. The van der Waals surface area contributed by atoms with E-state index in [4.69, 9.17) is 16.3 Å². The fraction of sp³-hybridized carbons (Fsp3) is 0.353. The number of hydrogen-bond acceptors (Lipinski definition) is 7. The van der Waals surface area contributed by atoms with Crippen LogP contribution in [0.2, 0.25) is 5.02 Å². The van der Waals surface area contributed by atoms with Gasteiger partial charge in [-0.3, -0.25) is 9.59 Å². The summed E-state index contributed by atoms with van der Waals surface area (Å²) in [5.74, 6) is -0.376. The Kier molecular flexibility index (Phi) is 4.99. The second kappa shape index (κ2) is 7.09. The van der Waals surface area contributed by atoms with Crippen molar-refractivity contribution in [3.8, 4) is 5.82 Å². The molecule has 27 heavy (non-hydrogen) atoms. The van der Waals surface area contributed by atoms with Gasteiger partial charge in [0.25, 0.3) is 5.91 Å². The molecule has 1 saturated heterocycles. The van der Waals surface area contributed by atoms with Crippen LogP contribution in [0.5, 0.6) is 0 Å². The maximum atomic E-state index is 12.7. The largest absolute Gasteiger partial charge is 0.383 e. The Hall–Kier alpha value is -2.78. The van der Waals surface area contributed by atoms with E-state index >= 15 is 0 Å². The van der Waals surface area contributed by atoms with Crippen molar-refractivity contribution >= 4 is 29.0 Å². The molecule has 0 saturated carbocycles. The molecule has 3 heterocycles. The Labute approximate surface area is 161 Å². The third-order valence-corrected chi connectivity index (χ3v) is 4.12. The van der Waals surface area contributed by atoms with Crippen LogP contribution >= 0.6 is 11.6 Å². The highest BCUT2D eigenvalue weighted by Crippen LogP contribution is 2.32. The number of amides is 1. The van der Waals surface area contributed by atoms with E-state index in [1.54, 1.807) is 39.0 Å². The quantitative estimate of drug-likeness (QED) is 0.788. The van der Waals surface area contributed by atoms with Crippen LogP contribution in [0.3, 0.4) is 0 Å². The summed E-state index contributed by atoms with van der Waals surface area (Å²) in [6, 6.07) is 1.53. The second-order valence-electron chi connectivity index (χ2n) is 6.72. The van der Waals surface area contributed by atoms with E-state index < -0.39 is 17.6 Å². The van der Waals surface area contributed by atoms with E-state index in [0.717, 1.165) is 0 Å². The smallest absolute Gasteiger partial charge is 0.258 e. The van der Waals surface area contributed by atoms with Crippen molar-refractivity contribution < 1.29 is 14.3 Å². The predicted molar refractivity (Wildman–Crippen MR) is 98.5 cm³/mol. The fourth-order valence-corrected chi connectivity index (χ4v) is 2.90. The van der Waals surface area contributed by atoms with Gasteiger partial charge < -0.3 is 15.0 Å². The molecule has 1 unspecified atom stereocenters. The lowest BCUT2D eigenvalue weighted by molar-refractivity contribution is -0.134. The van der Waals surface area contributed by atoms with E-state index in [1.807, 2.05) is 0 Å². The highest BCUT2D eigenvalue weighted by molar-refractivity contribution is 6.32. The van der Waals surface area contributed by atoms with Crippen molar-refractivity contribution in [3.63, 3.8) is 0 Å². The summed E-state index contributed by atoms with van der Waals surface area (Å²) in [5.41, 5.74) is -0.417. The first-order valence-corrected chi connectivity index (χ1v) is 8.50. The standard InChI is InChI=1S/C17H19ClN6O3/c1-17(2)14(25)11(9-23(3)4)13(27-17)16(26)22-10-7-12(18)15(19-8-10)24-20-5-6-21-24/h5-9,13H,1-4H3,(H,22,26). The molecule has 3 rings (SSSR count). The molecule has 2 aromatic heterocycles.